The zero-order valence-electron chi connectivity index (χ0n) is 12.0. The molecule has 1 aromatic rings. The number of Topliss-reactive ketones (excluding diaryl/α,β-unsaturated/α-hetero) is 2. The van der Waals surface area contributed by atoms with E-state index in [0.29, 0.717) is 10.8 Å². The molecule has 0 aromatic heterocycles. The van der Waals surface area contributed by atoms with Gasteiger partial charge in [-0.25, -0.2) is 0 Å². The van der Waals surface area contributed by atoms with Gasteiger partial charge in [0.1, 0.15) is 23.7 Å². The minimum atomic E-state index is -0.352. The lowest BCUT2D eigenvalue weighted by atomic mass is 9.74. The summed E-state index contributed by atoms with van der Waals surface area (Å²) in [5, 5.41) is 10.6. The molecule has 1 N–H and O–H groups in total. The topological polar surface area (TPSA) is 63.6 Å². The maximum absolute atomic E-state index is 12.0. The molecule has 0 saturated heterocycles. The maximum atomic E-state index is 12.0. The summed E-state index contributed by atoms with van der Waals surface area (Å²) in [6.07, 6.45) is 0.498. The third-order valence-electron chi connectivity index (χ3n) is 3.31. The Kier molecular flexibility index (Phi) is 4.37. The van der Waals surface area contributed by atoms with Gasteiger partial charge in [-0.3, -0.25) is 9.59 Å². The molecule has 0 spiro atoms. The summed E-state index contributed by atoms with van der Waals surface area (Å²) in [5.74, 6) is -0.458. The zero-order chi connectivity index (χ0) is 15.6. The number of allylic oxidation sites excluding steroid dienone is 1. The summed E-state index contributed by atoms with van der Waals surface area (Å²) in [6.45, 7) is 3.51. The van der Waals surface area contributed by atoms with Crippen LogP contribution in [-0.4, -0.2) is 23.3 Å². The van der Waals surface area contributed by atoms with E-state index in [4.69, 9.17) is 16.3 Å². The predicted molar refractivity (Wildman–Crippen MR) is 79.6 cm³/mol. The Labute approximate surface area is 128 Å². The van der Waals surface area contributed by atoms with Crippen LogP contribution >= 0.6 is 11.6 Å². The Morgan fingerprint density at radius 2 is 1.71 bits per heavy atom. The van der Waals surface area contributed by atoms with Crippen molar-refractivity contribution < 1.29 is 19.4 Å². The van der Waals surface area contributed by atoms with Crippen LogP contribution in [0.5, 0.6) is 5.75 Å². The van der Waals surface area contributed by atoms with Gasteiger partial charge in [-0.15, -0.1) is 0 Å². The van der Waals surface area contributed by atoms with E-state index in [9.17, 15) is 14.7 Å². The Balaban J connectivity index is 2.10. The van der Waals surface area contributed by atoms with Gasteiger partial charge in [-0.05, 0) is 29.7 Å². The lowest BCUT2D eigenvalue weighted by Gasteiger charge is -2.28. The van der Waals surface area contributed by atoms with Gasteiger partial charge in [-0.2, -0.15) is 0 Å². The number of carbonyl (C=O) groups excluding carboxylic acids is 2. The maximum Gasteiger partial charge on any atom is 0.170 e. The van der Waals surface area contributed by atoms with Crippen LogP contribution in [0.15, 0.2) is 35.6 Å². The van der Waals surface area contributed by atoms with Gasteiger partial charge in [0.05, 0.1) is 0 Å². The van der Waals surface area contributed by atoms with Gasteiger partial charge in [0, 0.05) is 17.9 Å². The van der Waals surface area contributed by atoms with Crippen molar-refractivity contribution in [1.82, 2.24) is 0 Å². The van der Waals surface area contributed by atoms with Crippen molar-refractivity contribution in [3.05, 3.63) is 40.6 Å². The van der Waals surface area contributed by atoms with Crippen molar-refractivity contribution in [2.75, 3.05) is 6.61 Å². The summed E-state index contributed by atoms with van der Waals surface area (Å²) in [6, 6.07) is 6.60. The van der Waals surface area contributed by atoms with E-state index in [-0.39, 0.29) is 47.8 Å². The molecular weight excluding hydrogens is 292 g/mol. The van der Waals surface area contributed by atoms with Crippen LogP contribution in [0.4, 0.5) is 0 Å². The summed E-state index contributed by atoms with van der Waals surface area (Å²) in [5.41, 5.74) is -0.474. The second-order valence-corrected chi connectivity index (χ2v) is 6.36. The molecule has 0 bridgehead atoms. The monoisotopic (exact) mass is 308 g/mol. The van der Waals surface area contributed by atoms with E-state index in [0.717, 1.165) is 0 Å². The van der Waals surface area contributed by atoms with Crippen molar-refractivity contribution in [1.29, 1.82) is 0 Å². The average Bonchev–Trinajstić information content (AvgIpc) is 2.35. The van der Waals surface area contributed by atoms with Crippen LogP contribution in [0, 0.1) is 5.41 Å². The SMILES string of the molecule is CC1(C)CC(=O)C(=C(O)COc2ccc(Cl)cc2)C(=O)C1. The second-order valence-electron chi connectivity index (χ2n) is 5.93. The molecule has 21 heavy (non-hydrogen) atoms. The minimum absolute atomic E-state index is 0.122. The molecule has 1 fully saturated rings. The molecule has 1 aliphatic carbocycles. The van der Waals surface area contributed by atoms with Crippen LogP contribution in [0.1, 0.15) is 26.7 Å². The highest BCUT2D eigenvalue weighted by molar-refractivity contribution is 6.30. The van der Waals surface area contributed by atoms with Gasteiger partial charge in [-0.1, -0.05) is 25.4 Å². The summed E-state index contributed by atoms with van der Waals surface area (Å²) in [7, 11) is 0. The van der Waals surface area contributed by atoms with Gasteiger partial charge >= 0.3 is 0 Å². The van der Waals surface area contributed by atoms with E-state index in [1.165, 1.54) is 0 Å². The highest BCUT2D eigenvalue weighted by atomic mass is 35.5. The number of halogens is 1. The number of ketones is 2. The fourth-order valence-corrected chi connectivity index (χ4v) is 2.47. The lowest BCUT2D eigenvalue weighted by Crippen LogP contribution is -2.33. The Morgan fingerprint density at radius 3 is 2.24 bits per heavy atom. The van der Waals surface area contributed by atoms with Crippen molar-refractivity contribution >= 4 is 23.2 Å². The molecule has 0 heterocycles. The Hall–Kier alpha value is -1.81. The standard InChI is InChI=1S/C16H17ClO4/c1-16(2)7-12(18)15(13(19)8-16)14(20)9-21-11-5-3-10(17)4-6-11/h3-6,20H,7-9H2,1-2H3. The van der Waals surface area contributed by atoms with Crippen LogP contribution in [-0.2, 0) is 9.59 Å². The van der Waals surface area contributed by atoms with Crippen LogP contribution in [0.3, 0.4) is 0 Å². The molecule has 1 aromatic carbocycles. The first-order chi connectivity index (χ1) is 9.78. The van der Waals surface area contributed by atoms with E-state index in [1.54, 1.807) is 24.3 Å². The van der Waals surface area contributed by atoms with Crippen LogP contribution in [0.2, 0.25) is 5.02 Å². The van der Waals surface area contributed by atoms with Gasteiger partial charge in [0.15, 0.2) is 11.6 Å². The van der Waals surface area contributed by atoms with Gasteiger partial charge < -0.3 is 9.84 Å². The number of rotatable bonds is 3. The highest BCUT2D eigenvalue weighted by Crippen LogP contribution is 2.34. The van der Waals surface area contributed by atoms with E-state index >= 15 is 0 Å². The summed E-state index contributed by atoms with van der Waals surface area (Å²) in [4.78, 5) is 24.0. The summed E-state index contributed by atoms with van der Waals surface area (Å²) >= 11 is 5.76. The number of ether oxygens (including phenoxy) is 1. The number of carbonyl (C=O) groups is 2. The first kappa shape index (κ1) is 15.6. The molecule has 0 unspecified atom stereocenters. The molecule has 1 aliphatic rings. The smallest absolute Gasteiger partial charge is 0.170 e. The molecule has 0 amide bonds. The van der Waals surface area contributed by atoms with Crippen molar-refractivity contribution in [2.24, 2.45) is 5.41 Å². The molecule has 0 radical (unpaired) electrons. The van der Waals surface area contributed by atoms with E-state index < -0.39 is 0 Å². The highest BCUT2D eigenvalue weighted by Gasteiger charge is 2.37. The largest absolute Gasteiger partial charge is 0.508 e. The first-order valence-corrected chi connectivity index (χ1v) is 7.03. The van der Waals surface area contributed by atoms with Crippen molar-refractivity contribution in [2.45, 2.75) is 26.7 Å². The fraction of sp³-hybridized carbons (Fsp3) is 0.375. The molecule has 112 valence electrons. The van der Waals surface area contributed by atoms with Gasteiger partial charge in [0.25, 0.3) is 0 Å². The number of hydrogen-bond donors (Lipinski definition) is 1. The van der Waals surface area contributed by atoms with E-state index in [2.05, 4.69) is 0 Å². The van der Waals surface area contributed by atoms with E-state index in [1.807, 2.05) is 13.8 Å². The molecule has 5 heteroatoms. The third kappa shape index (κ3) is 3.85. The first-order valence-electron chi connectivity index (χ1n) is 6.65. The Bertz CT molecular complexity index is 577. The molecule has 2 rings (SSSR count). The van der Waals surface area contributed by atoms with Gasteiger partial charge in [0.2, 0.25) is 0 Å². The van der Waals surface area contributed by atoms with Crippen molar-refractivity contribution in [3.8, 4) is 5.75 Å². The number of hydrogen-bond acceptors (Lipinski definition) is 4. The predicted octanol–water partition coefficient (Wildman–Crippen LogP) is 3.49. The quantitative estimate of drug-likeness (QED) is 0.527. The zero-order valence-corrected chi connectivity index (χ0v) is 12.7. The second kappa shape index (κ2) is 5.90. The third-order valence-corrected chi connectivity index (χ3v) is 3.57. The lowest BCUT2D eigenvalue weighted by molar-refractivity contribution is -0.127. The number of benzene rings is 1. The van der Waals surface area contributed by atoms with Crippen LogP contribution < -0.4 is 4.74 Å². The molecule has 1 saturated carbocycles. The molecular formula is C16H17ClO4. The summed E-state index contributed by atoms with van der Waals surface area (Å²) < 4.78 is 5.35. The number of aliphatic hydroxyl groups excluding tert-OH is 1. The van der Waals surface area contributed by atoms with Crippen LogP contribution in [0.25, 0.3) is 0 Å². The molecule has 0 atom stereocenters. The fourth-order valence-electron chi connectivity index (χ4n) is 2.34. The molecule has 4 nitrogen and oxygen atoms in total. The normalized spacial score (nSPS) is 17.8. The minimum Gasteiger partial charge on any atom is -0.508 e. The Morgan fingerprint density at radius 1 is 1.19 bits per heavy atom. The number of aliphatic hydroxyl groups is 1. The molecule has 0 aliphatic heterocycles. The van der Waals surface area contributed by atoms with Crippen molar-refractivity contribution in [3.63, 3.8) is 0 Å². The average molecular weight is 309 g/mol.